The monoisotopic (exact) mass is 329 g/mol. The molecule has 2 heterocycles. The molecule has 2 fully saturated rings. The van der Waals surface area contributed by atoms with Gasteiger partial charge in [-0.25, -0.2) is 4.79 Å². The zero-order valence-electron chi connectivity index (χ0n) is 14.1. The van der Waals surface area contributed by atoms with Crippen LogP contribution in [0.1, 0.15) is 41.9 Å². The van der Waals surface area contributed by atoms with E-state index in [0.717, 1.165) is 41.7 Å². The Morgan fingerprint density at radius 2 is 1.96 bits per heavy atom. The van der Waals surface area contributed by atoms with Crippen LogP contribution in [-0.2, 0) is 9.59 Å². The Kier molecular flexibility index (Phi) is 3.55. The highest BCUT2D eigenvalue weighted by molar-refractivity contribution is 5.90. The summed E-state index contributed by atoms with van der Waals surface area (Å²) < 4.78 is 5.72. The Bertz CT molecular complexity index is 714. The molecular weight excluding hydrogens is 306 g/mol. The summed E-state index contributed by atoms with van der Waals surface area (Å²) in [6.45, 7) is 4.94. The van der Waals surface area contributed by atoms with Crippen molar-refractivity contribution in [3.05, 3.63) is 28.8 Å². The molecule has 1 aliphatic carbocycles. The summed E-state index contributed by atoms with van der Waals surface area (Å²) in [5.41, 5.74) is 3.18. The van der Waals surface area contributed by atoms with E-state index in [1.165, 1.54) is 0 Å². The molecule has 128 valence electrons. The fraction of sp³-hybridized carbons (Fsp3) is 0.579. The van der Waals surface area contributed by atoms with Crippen molar-refractivity contribution in [2.75, 3.05) is 13.2 Å². The largest absolute Gasteiger partial charge is 0.492 e. The first-order chi connectivity index (χ1) is 11.5. The molecule has 0 aromatic heterocycles. The SMILES string of the molecule is Cc1cc2c(cc1C)C(C(=O)N1CC3CCCC3C1C(=O)O)CO2. The molecule has 0 spiro atoms. The summed E-state index contributed by atoms with van der Waals surface area (Å²) in [4.78, 5) is 26.5. The van der Waals surface area contributed by atoms with Crippen molar-refractivity contribution in [3.63, 3.8) is 0 Å². The summed E-state index contributed by atoms with van der Waals surface area (Å²) >= 11 is 0. The molecule has 24 heavy (non-hydrogen) atoms. The molecule has 4 rings (SSSR count). The number of hydrogen-bond donors (Lipinski definition) is 1. The second-order valence-electron chi connectivity index (χ2n) is 7.47. The Balaban J connectivity index is 1.64. The lowest BCUT2D eigenvalue weighted by Crippen LogP contribution is -2.45. The average Bonchev–Trinajstić information content (AvgIpc) is 3.20. The van der Waals surface area contributed by atoms with Crippen molar-refractivity contribution in [3.8, 4) is 5.75 Å². The maximum atomic E-state index is 13.1. The summed E-state index contributed by atoms with van der Waals surface area (Å²) in [7, 11) is 0. The second-order valence-corrected chi connectivity index (χ2v) is 7.47. The van der Waals surface area contributed by atoms with Crippen molar-refractivity contribution in [2.24, 2.45) is 11.8 Å². The fourth-order valence-electron chi connectivity index (χ4n) is 4.73. The average molecular weight is 329 g/mol. The van der Waals surface area contributed by atoms with Crippen LogP contribution in [0.3, 0.4) is 0 Å². The van der Waals surface area contributed by atoms with Gasteiger partial charge < -0.3 is 14.7 Å². The zero-order chi connectivity index (χ0) is 17.0. The second kappa shape index (κ2) is 5.50. The molecule has 1 amide bonds. The van der Waals surface area contributed by atoms with Gasteiger partial charge in [0.2, 0.25) is 5.91 Å². The molecule has 5 heteroatoms. The lowest BCUT2D eigenvalue weighted by molar-refractivity contribution is -0.150. The first kappa shape index (κ1) is 15.5. The van der Waals surface area contributed by atoms with Crippen LogP contribution < -0.4 is 4.74 Å². The number of benzene rings is 1. The highest BCUT2D eigenvalue weighted by Gasteiger charge is 2.51. The van der Waals surface area contributed by atoms with Crippen LogP contribution in [0.5, 0.6) is 5.75 Å². The zero-order valence-corrected chi connectivity index (χ0v) is 14.1. The molecule has 2 aliphatic heterocycles. The topological polar surface area (TPSA) is 66.8 Å². The van der Waals surface area contributed by atoms with Crippen LogP contribution in [0, 0.1) is 25.7 Å². The number of carbonyl (C=O) groups is 2. The molecule has 1 saturated carbocycles. The number of likely N-dealkylation sites (tertiary alicyclic amines) is 1. The summed E-state index contributed by atoms with van der Waals surface area (Å²) in [5, 5.41) is 9.67. The van der Waals surface area contributed by atoms with Gasteiger partial charge in [0.1, 0.15) is 24.3 Å². The summed E-state index contributed by atoms with van der Waals surface area (Å²) in [5.74, 6) is -0.0944. The van der Waals surface area contributed by atoms with Gasteiger partial charge in [-0.05, 0) is 55.7 Å². The van der Waals surface area contributed by atoms with Gasteiger partial charge in [-0.1, -0.05) is 12.5 Å². The number of aryl methyl sites for hydroxylation is 2. The van der Waals surface area contributed by atoms with Crippen molar-refractivity contribution in [1.82, 2.24) is 4.90 Å². The molecule has 4 unspecified atom stereocenters. The number of carboxylic acid groups (broad SMARTS) is 1. The summed E-state index contributed by atoms with van der Waals surface area (Å²) in [6, 6.07) is 3.33. The number of hydrogen-bond acceptors (Lipinski definition) is 3. The van der Waals surface area contributed by atoms with E-state index in [-0.39, 0.29) is 17.7 Å². The van der Waals surface area contributed by atoms with Gasteiger partial charge in [0, 0.05) is 12.1 Å². The Labute approximate surface area is 141 Å². The van der Waals surface area contributed by atoms with Crippen LogP contribution in [0.15, 0.2) is 12.1 Å². The van der Waals surface area contributed by atoms with Gasteiger partial charge in [-0.2, -0.15) is 0 Å². The summed E-state index contributed by atoms with van der Waals surface area (Å²) in [6.07, 6.45) is 3.03. The van der Waals surface area contributed by atoms with Gasteiger partial charge in [-0.15, -0.1) is 0 Å². The third-order valence-corrected chi connectivity index (χ3v) is 6.13. The van der Waals surface area contributed by atoms with E-state index in [1.54, 1.807) is 4.90 Å². The first-order valence-corrected chi connectivity index (χ1v) is 8.74. The predicted octanol–water partition coefficient (Wildman–Crippen LogP) is 2.49. The Morgan fingerprint density at radius 3 is 2.71 bits per heavy atom. The van der Waals surface area contributed by atoms with Crippen LogP contribution in [0.25, 0.3) is 0 Å². The third kappa shape index (κ3) is 2.21. The molecule has 1 aromatic rings. The molecule has 0 bridgehead atoms. The van der Waals surface area contributed by atoms with Crippen LogP contribution in [0.4, 0.5) is 0 Å². The number of ether oxygens (including phenoxy) is 1. The molecule has 3 aliphatic rings. The van der Waals surface area contributed by atoms with E-state index in [9.17, 15) is 14.7 Å². The minimum Gasteiger partial charge on any atom is -0.492 e. The Hall–Kier alpha value is -2.04. The van der Waals surface area contributed by atoms with Crippen molar-refractivity contribution in [1.29, 1.82) is 0 Å². The number of carboxylic acids is 1. The van der Waals surface area contributed by atoms with Gasteiger partial charge in [0.15, 0.2) is 0 Å². The van der Waals surface area contributed by atoms with E-state index in [4.69, 9.17) is 4.74 Å². The molecule has 1 aromatic carbocycles. The van der Waals surface area contributed by atoms with Crippen molar-refractivity contribution >= 4 is 11.9 Å². The van der Waals surface area contributed by atoms with E-state index in [1.807, 2.05) is 26.0 Å². The van der Waals surface area contributed by atoms with Crippen LogP contribution in [-0.4, -0.2) is 41.1 Å². The van der Waals surface area contributed by atoms with Crippen LogP contribution >= 0.6 is 0 Å². The van der Waals surface area contributed by atoms with E-state index < -0.39 is 12.0 Å². The number of carbonyl (C=O) groups excluding carboxylic acids is 1. The molecule has 1 saturated heterocycles. The standard InChI is InChI=1S/C19H23NO4/c1-10-6-14-15(9-24-16(14)7-11(10)2)18(21)20-8-12-4-3-5-13(12)17(20)19(22)23/h6-7,12-13,15,17H,3-5,8-9H2,1-2H3,(H,22,23). The smallest absolute Gasteiger partial charge is 0.326 e. The Morgan fingerprint density at radius 1 is 1.21 bits per heavy atom. The first-order valence-electron chi connectivity index (χ1n) is 8.74. The minimum atomic E-state index is -0.864. The van der Waals surface area contributed by atoms with Gasteiger partial charge in [0.05, 0.1) is 0 Å². The molecule has 4 atom stereocenters. The fourth-order valence-corrected chi connectivity index (χ4v) is 4.73. The van der Waals surface area contributed by atoms with E-state index in [0.29, 0.717) is 19.1 Å². The quantitative estimate of drug-likeness (QED) is 0.905. The number of amides is 1. The highest BCUT2D eigenvalue weighted by atomic mass is 16.5. The van der Waals surface area contributed by atoms with Crippen LogP contribution in [0.2, 0.25) is 0 Å². The van der Waals surface area contributed by atoms with E-state index >= 15 is 0 Å². The number of rotatable bonds is 2. The third-order valence-electron chi connectivity index (χ3n) is 6.13. The molecular formula is C19H23NO4. The molecule has 5 nitrogen and oxygen atoms in total. The lowest BCUT2D eigenvalue weighted by atomic mass is 9.93. The predicted molar refractivity (Wildman–Crippen MR) is 88.1 cm³/mol. The van der Waals surface area contributed by atoms with E-state index in [2.05, 4.69) is 0 Å². The minimum absolute atomic E-state index is 0.0844. The van der Waals surface area contributed by atoms with Crippen molar-refractivity contribution in [2.45, 2.75) is 45.1 Å². The van der Waals surface area contributed by atoms with Crippen molar-refractivity contribution < 1.29 is 19.4 Å². The molecule has 0 radical (unpaired) electrons. The number of nitrogens with zero attached hydrogens (tertiary/aromatic N) is 1. The highest BCUT2D eigenvalue weighted by Crippen LogP contribution is 2.44. The normalized spacial score (nSPS) is 30.8. The maximum absolute atomic E-state index is 13.1. The number of fused-ring (bicyclic) bond motifs is 2. The van der Waals surface area contributed by atoms with Gasteiger partial charge >= 0.3 is 5.97 Å². The molecule has 1 N–H and O–H groups in total. The number of aliphatic carboxylic acids is 1. The lowest BCUT2D eigenvalue weighted by Gasteiger charge is -2.26. The maximum Gasteiger partial charge on any atom is 0.326 e. The van der Waals surface area contributed by atoms with Gasteiger partial charge in [0.25, 0.3) is 0 Å². The van der Waals surface area contributed by atoms with Gasteiger partial charge in [-0.3, -0.25) is 4.79 Å².